The van der Waals surface area contributed by atoms with Gasteiger partial charge in [0.1, 0.15) is 5.65 Å². The van der Waals surface area contributed by atoms with Crippen molar-refractivity contribution < 1.29 is 0 Å². The van der Waals surface area contributed by atoms with E-state index in [0.717, 1.165) is 18.5 Å². The van der Waals surface area contributed by atoms with Gasteiger partial charge in [-0.05, 0) is 34.8 Å². The monoisotopic (exact) mass is 430 g/mol. The van der Waals surface area contributed by atoms with Gasteiger partial charge in [-0.3, -0.25) is 4.40 Å². The maximum absolute atomic E-state index is 5.50. The molecule has 0 N–H and O–H groups in total. The molecule has 0 bridgehead atoms. The standard InChI is InChI=1S/C31H30N2/c1-29(2)17-18-31(5)27-25(22-13-8-9-15-23(22)29)32-28-21-12-7-6-11-19(21)20-14-10-16-24(30(31,3)4)26(20)33(27)28/h6-16H,17-18H2,1-5H3. The quantitative estimate of drug-likeness (QED) is 0.228. The lowest BCUT2D eigenvalue weighted by Gasteiger charge is -2.50. The first kappa shape index (κ1) is 19.3. The molecule has 1 aliphatic heterocycles. The van der Waals surface area contributed by atoms with Crippen molar-refractivity contribution >= 4 is 27.3 Å². The van der Waals surface area contributed by atoms with Gasteiger partial charge in [0.05, 0.1) is 16.9 Å². The smallest absolute Gasteiger partial charge is 0.146 e. The molecule has 0 saturated heterocycles. The lowest BCUT2D eigenvalue weighted by atomic mass is 9.55. The predicted molar refractivity (Wildman–Crippen MR) is 138 cm³/mol. The van der Waals surface area contributed by atoms with E-state index in [1.165, 1.54) is 49.8 Å². The third-order valence-corrected chi connectivity index (χ3v) is 9.33. The van der Waals surface area contributed by atoms with Crippen LogP contribution in [0.1, 0.15) is 64.3 Å². The summed E-state index contributed by atoms with van der Waals surface area (Å²) in [6.45, 7) is 12.2. The normalized spacial score (nSPS) is 22.5. The van der Waals surface area contributed by atoms with Gasteiger partial charge in [0.15, 0.2) is 0 Å². The van der Waals surface area contributed by atoms with Crippen molar-refractivity contribution in [2.75, 3.05) is 0 Å². The van der Waals surface area contributed by atoms with Gasteiger partial charge >= 0.3 is 0 Å². The predicted octanol–water partition coefficient (Wildman–Crippen LogP) is 7.93. The van der Waals surface area contributed by atoms with Crippen LogP contribution in [0, 0.1) is 0 Å². The van der Waals surface area contributed by atoms with E-state index >= 15 is 0 Å². The minimum Gasteiger partial charge on any atom is -0.295 e. The van der Waals surface area contributed by atoms with Crippen LogP contribution in [0.3, 0.4) is 0 Å². The van der Waals surface area contributed by atoms with Gasteiger partial charge in [0.2, 0.25) is 0 Å². The fraction of sp³-hybridized carbons (Fsp3) is 0.323. The molecule has 1 unspecified atom stereocenters. The van der Waals surface area contributed by atoms with Gasteiger partial charge < -0.3 is 0 Å². The van der Waals surface area contributed by atoms with Gasteiger partial charge in [-0.2, -0.15) is 0 Å². The second-order valence-corrected chi connectivity index (χ2v) is 11.6. The van der Waals surface area contributed by atoms with Crippen molar-refractivity contribution in [3.63, 3.8) is 0 Å². The van der Waals surface area contributed by atoms with Crippen molar-refractivity contribution in [2.24, 2.45) is 0 Å². The molecule has 3 aromatic carbocycles. The molecule has 0 saturated carbocycles. The van der Waals surface area contributed by atoms with Crippen molar-refractivity contribution in [1.29, 1.82) is 0 Å². The number of fused-ring (bicyclic) bond motifs is 5. The van der Waals surface area contributed by atoms with Gasteiger partial charge in [-0.1, -0.05) is 101 Å². The summed E-state index contributed by atoms with van der Waals surface area (Å²) in [5.41, 5.74) is 9.25. The van der Waals surface area contributed by atoms with E-state index in [1.54, 1.807) is 0 Å². The lowest BCUT2D eigenvalue weighted by Crippen LogP contribution is -2.48. The molecule has 164 valence electrons. The van der Waals surface area contributed by atoms with Gasteiger partial charge in [0, 0.05) is 27.2 Å². The average molecular weight is 431 g/mol. The van der Waals surface area contributed by atoms with Crippen LogP contribution in [-0.4, -0.2) is 9.38 Å². The molecular formula is C31H30N2. The summed E-state index contributed by atoms with van der Waals surface area (Å²) in [7, 11) is 0. The number of benzene rings is 3. The highest BCUT2D eigenvalue weighted by Gasteiger charge is 2.52. The van der Waals surface area contributed by atoms with Crippen molar-refractivity contribution in [3.05, 3.63) is 83.6 Å². The number of imidazole rings is 1. The third-order valence-electron chi connectivity index (χ3n) is 9.33. The number of rotatable bonds is 0. The molecule has 2 nitrogen and oxygen atoms in total. The first-order valence-corrected chi connectivity index (χ1v) is 12.2. The van der Waals surface area contributed by atoms with Crippen LogP contribution < -0.4 is 0 Å². The van der Waals surface area contributed by atoms with E-state index < -0.39 is 0 Å². The van der Waals surface area contributed by atoms with Crippen LogP contribution in [0.5, 0.6) is 0 Å². The fourth-order valence-electron chi connectivity index (χ4n) is 6.94. The Balaban J connectivity index is 1.82. The second kappa shape index (κ2) is 5.86. The van der Waals surface area contributed by atoms with Crippen molar-refractivity contribution in [2.45, 2.75) is 63.7 Å². The van der Waals surface area contributed by atoms with Gasteiger partial charge in [-0.25, -0.2) is 4.98 Å². The Kier molecular flexibility index (Phi) is 3.43. The van der Waals surface area contributed by atoms with Crippen LogP contribution in [0.2, 0.25) is 0 Å². The molecule has 1 atom stereocenters. The highest BCUT2D eigenvalue weighted by Crippen LogP contribution is 2.58. The zero-order chi connectivity index (χ0) is 22.8. The minimum atomic E-state index is -0.0315. The number of hydrogen-bond donors (Lipinski definition) is 0. The summed E-state index contributed by atoms with van der Waals surface area (Å²) >= 11 is 0. The molecule has 0 amide bonds. The number of para-hydroxylation sites is 1. The van der Waals surface area contributed by atoms with Gasteiger partial charge in [0.25, 0.3) is 0 Å². The van der Waals surface area contributed by atoms with E-state index in [9.17, 15) is 0 Å². The minimum absolute atomic E-state index is 0.0188. The van der Waals surface area contributed by atoms with Crippen molar-refractivity contribution in [1.82, 2.24) is 9.38 Å². The maximum atomic E-state index is 5.50. The Morgan fingerprint density at radius 1 is 0.697 bits per heavy atom. The summed E-state index contributed by atoms with van der Waals surface area (Å²) in [6.07, 6.45) is 2.28. The topological polar surface area (TPSA) is 17.3 Å². The van der Waals surface area contributed by atoms with Crippen LogP contribution in [-0.2, 0) is 16.2 Å². The summed E-state index contributed by atoms with van der Waals surface area (Å²) in [6, 6.07) is 24.7. The van der Waals surface area contributed by atoms with E-state index in [-0.39, 0.29) is 16.2 Å². The molecule has 2 heteroatoms. The second-order valence-electron chi connectivity index (χ2n) is 11.6. The largest absolute Gasteiger partial charge is 0.295 e. The molecular weight excluding hydrogens is 400 g/mol. The zero-order valence-corrected chi connectivity index (χ0v) is 20.2. The molecule has 2 aliphatic rings. The summed E-state index contributed by atoms with van der Waals surface area (Å²) in [5, 5.41) is 3.88. The number of pyridine rings is 1. The van der Waals surface area contributed by atoms with Crippen LogP contribution in [0.25, 0.3) is 38.6 Å². The first-order chi connectivity index (χ1) is 15.8. The van der Waals surface area contributed by atoms with Crippen LogP contribution in [0.4, 0.5) is 0 Å². The molecule has 0 radical (unpaired) electrons. The highest BCUT2D eigenvalue weighted by molar-refractivity contribution is 6.13. The molecule has 0 fully saturated rings. The summed E-state index contributed by atoms with van der Waals surface area (Å²) < 4.78 is 2.54. The number of hydrogen-bond acceptors (Lipinski definition) is 1. The Morgan fingerprint density at radius 2 is 1.36 bits per heavy atom. The molecule has 0 spiro atoms. The molecule has 33 heavy (non-hydrogen) atoms. The molecule has 5 aromatic rings. The Bertz CT molecular complexity index is 1630. The van der Waals surface area contributed by atoms with E-state index in [4.69, 9.17) is 4.98 Å². The highest BCUT2D eigenvalue weighted by atomic mass is 15.1. The molecule has 7 rings (SSSR count). The first-order valence-electron chi connectivity index (χ1n) is 12.2. The maximum Gasteiger partial charge on any atom is 0.146 e. The van der Waals surface area contributed by atoms with E-state index in [0.29, 0.717) is 0 Å². The molecule has 3 heterocycles. The van der Waals surface area contributed by atoms with Crippen molar-refractivity contribution in [3.8, 4) is 11.3 Å². The SMILES string of the molecule is CC1(C)CCC2(C)c3c(nc4c5ccccc5c5cccc(c5n34)C2(C)C)-c2ccccc21. The van der Waals surface area contributed by atoms with Crippen LogP contribution >= 0.6 is 0 Å². The Morgan fingerprint density at radius 3 is 2.18 bits per heavy atom. The third kappa shape index (κ3) is 2.13. The van der Waals surface area contributed by atoms with E-state index in [2.05, 4.69) is 106 Å². The Hall–Kier alpha value is -3.13. The Labute approximate surface area is 195 Å². The zero-order valence-electron chi connectivity index (χ0n) is 20.2. The summed E-state index contributed by atoms with van der Waals surface area (Å²) in [4.78, 5) is 5.50. The molecule has 1 aliphatic carbocycles. The average Bonchev–Trinajstić information content (AvgIpc) is 3.22. The van der Waals surface area contributed by atoms with E-state index in [1.807, 2.05) is 0 Å². The molecule has 2 aromatic heterocycles. The number of nitrogens with zero attached hydrogens (tertiary/aromatic N) is 2. The lowest BCUT2D eigenvalue weighted by molar-refractivity contribution is 0.220. The van der Waals surface area contributed by atoms with Gasteiger partial charge in [-0.15, -0.1) is 0 Å². The van der Waals surface area contributed by atoms with Crippen LogP contribution in [0.15, 0.2) is 66.7 Å². The summed E-state index contributed by atoms with van der Waals surface area (Å²) in [5.74, 6) is 0. The fourth-order valence-corrected chi connectivity index (χ4v) is 6.94. The number of aromatic nitrogens is 2.